The van der Waals surface area contributed by atoms with Crippen molar-refractivity contribution in [3.63, 3.8) is 0 Å². The van der Waals surface area contributed by atoms with Gasteiger partial charge in [-0.15, -0.1) is 12.4 Å². The summed E-state index contributed by atoms with van der Waals surface area (Å²) >= 11 is 0. The van der Waals surface area contributed by atoms with Gasteiger partial charge >= 0.3 is 6.18 Å². The summed E-state index contributed by atoms with van der Waals surface area (Å²) in [6.07, 6.45) is -4.26. The lowest BCUT2D eigenvalue weighted by molar-refractivity contribution is -0.184. The number of alkyl halides is 3. The van der Waals surface area contributed by atoms with Gasteiger partial charge in [0.1, 0.15) is 6.04 Å². The second kappa shape index (κ2) is 9.25. The van der Waals surface area contributed by atoms with Gasteiger partial charge in [0, 0.05) is 32.7 Å². The molecule has 1 aromatic carbocycles. The Bertz CT molecular complexity index is 534. The summed E-state index contributed by atoms with van der Waals surface area (Å²) in [4.78, 5) is 13.3. The molecule has 4 nitrogen and oxygen atoms in total. The Hall–Kier alpha value is -1.31. The molecule has 0 spiro atoms. The molecule has 2 N–H and O–H groups in total. The average Bonchev–Trinajstić information content (AvgIpc) is 2.49. The van der Waals surface area contributed by atoms with Gasteiger partial charge in [-0.3, -0.25) is 9.69 Å². The minimum absolute atomic E-state index is 0. The Morgan fingerprint density at radius 2 is 1.92 bits per heavy atom. The first-order valence-electron chi connectivity index (χ1n) is 7.70. The molecule has 1 atom stereocenters. The summed E-state index contributed by atoms with van der Waals surface area (Å²) < 4.78 is 39.7. The second-order valence-corrected chi connectivity index (χ2v) is 5.75. The zero-order valence-electron chi connectivity index (χ0n) is 13.5. The topological polar surface area (TPSA) is 44.4 Å². The van der Waals surface area contributed by atoms with Crippen LogP contribution in [0.15, 0.2) is 24.3 Å². The van der Waals surface area contributed by atoms with Gasteiger partial charge in [0.25, 0.3) is 0 Å². The van der Waals surface area contributed by atoms with Crippen molar-refractivity contribution in [2.45, 2.75) is 25.6 Å². The molecule has 1 aliphatic rings. The van der Waals surface area contributed by atoms with E-state index in [0.29, 0.717) is 26.2 Å². The molecule has 0 radical (unpaired) electrons. The van der Waals surface area contributed by atoms with Crippen LogP contribution < -0.4 is 10.6 Å². The molecular formula is C16H23ClF3N3O. The molecule has 0 bridgehead atoms. The van der Waals surface area contributed by atoms with E-state index in [-0.39, 0.29) is 24.7 Å². The van der Waals surface area contributed by atoms with Crippen molar-refractivity contribution in [2.24, 2.45) is 0 Å². The number of halogens is 4. The fourth-order valence-corrected chi connectivity index (χ4v) is 2.70. The molecule has 1 fully saturated rings. The van der Waals surface area contributed by atoms with Crippen LogP contribution in [0.4, 0.5) is 13.2 Å². The summed E-state index contributed by atoms with van der Waals surface area (Å²) in [6, 6.07) is 5.73. The molecule has 0 aliphatic carbocycles. The predicted octanol–water partition coefficient (Wildman–Crippen LogP) is 1.91. The molecule has 0 aromatic heterocycles. The van der Waals surface area contributed by atoms with Crippen LogP contribution in [0.25, 0.3) is 0 Å². The third-order valence-electron chi connectivity index (χ3n) is 4.08. The fourth-order valence-electron chi connectivity index (χ4n) is 2.70. The molecule has 1 aliphatic heterocycles. The van der Waals surface area contributed by atoms with Crippen LogP contribution in [0.2, 0.25) is 0 Å². The van der Waals surface area contributed by atoms with Crippen LogP contribution in [0.5, 0.6) is 0 Å². The smallest absolute Gasteiger partial charge is 0.354 e. The summed E-state index contributed by atoms with van der Waals surface area (Å²) in [7, 11) is 0. The van der Waals surface area contributed by atoms with Gasteiger partial charge in [0.2, 0.25) is 5.91 Å². The van der Waals surface area contributed by atoms with Gasteiger partial charge in [-0.2, -0.15) is 13.2 Å². The lowest BCUT2D eigenvalue weighted by Gasteiger charge is -2.35. The summed E-state index contributed by atoms with van der Waals surface area (Å²) in [6.45, 7) is 3.19. The van der Waals surface area contributed by atoms with Crippen molar-refractivity contribution in [3.8, 4) is 0 Å². The highest BCUT2D eigenvalue weighted by molar-refractivity contribution is 5.85. The largest absolute Gasteiger partial charge is 0.405 e. The zero-order valence-corrected chi connectivity index (χ0v) is 14.3. The number of hydrogen-bond acceptors (Lipinski definition) is 3. The van der Waals surface area contributed by atoms with E-state index in [4.69, 9.17) is 0 Å². The first-order valence-corrected chi connectivity index (χ1v) is 7.70. The Labute approximate surface area is 146 Å². The number of piperazine rings is 1. The van der Waals surface area contributed by atoms with E-state index < -0.39 is 18.8 Å². The first-order chi connectivity index (χ1) is 10.9. The van der Waals surface area contributed by atoms with Gasteiger partial charge in [0.15, 0.2) is 0 Å². The maximum Gasteiger partial charge on any atom is 0.405 e. The van der Waals surface area contributed by atoms with Crippen LogP contribution in [-0.2, 0) is 11.2 Å². The first kappa shape index (κ1) is 20.7. The van der Waals surface area contributed by atoms with E-state index in [9.17, 15) is 18.0 Å². The molecule has 8 heteroatoms. The number of aryl methyl sites for hydroxylation is 1. The number of hydrogen-bond donors (Lipinski definition) is 2. The Morgan fingerprint density at radius 1 is 1.29 bits per heavy atom. The third-order valence-corrected chi connectivity index (χ3v) is 4.08. The maximum absolute atomic E-state index is 13.2. The van der Waals surface area contributed by atoms with E-state index >= 15 is 0 Å². The number of nitrogens with zero attached hydrogens (tertiary/aromatic N) is 1. The minimum atomic E-state index is -4.35. The molecule has 1 amide bonds. The molecule has 1 unspecified atom stereocenters. The van der Waals surface area contributed by atoms with Crippen LogP contribution in [-0.4, -0.2) is 55.7 Å². The predicted molar refractivity (Wildman–Crippen MR) is 89.4 cm³/mol. The minimum Gasteiger partial charge on any atom is -0.354 e. The van der Waals surface area contributed by atoms with E-state index in [1.165, 1.54) is 4.90 Å². The lowest BCUT2D eigenvalue weighted by Crippen LogP contribution is -2.57. The summed E-state index contributed by atoms with van der Waals surface area (Å²) in [5.74, 6) is -0.385. The Kier molecular flexibility index (Phi) is 7.99. The number of amides is 1. The molecule has 24 heavy (non-hydrogen) atoms. The van der Waals surface area contributed by atoms with Crippen molar-refractivity contribution in [3.05, 3.63) is 35.4 Å². The van der Waals surface area contributed by atoms with Gasteiger partial charge in [-0.1, -0.05) is 24.3 Å². The summed E-state index contributed by atoms with van der Waals surface area (Å²) in [5, 5.41) is 5.47. The van der Waals surface area contributed by atoms with Crippen LogP contribution >= 0.6 is 12.4 Å². The van der Waals surface area contributed by atoms with Crippen molar-refractivity contribution in [1.29, 1.82) is 0 Å². The highest BCUT2D eigenvalue weighted by Gasteiger charge is 2.43. The van der Waals surface area contributed by atoms with Gasteiger partial charge in [-0.25, -0.2) is 0 Å². The van der Waals surface area contributed by atoms with Crippen molar-refractivity contribution >= 4 is 18.3 Å². The van der Waals surface area contributed by atoms with Crippen LogP contribution in [0, 0.1) is 6.92 Å². The van der Waals surface area contributed by atoms with Gasteiger partial charge in [0.05, 0.1) is 6.42 Å². The van der Waals surface area contributed by atoms with E-state index in [0.717, 1.165) is 11.1 Å². The summed E-state index contributed by atoms with van der Waals surface area (Å²) in [5.41, 5.74) is 1.79. The lowest BCUT2D eigenvalue weighted by atomic mass is 10.1. The molecule has 1 saturated heterocycles. The molecule has 136 valence electrons. The normalized spacial score (nSPS) is 17.0. The Morgan fingerprint density at radius 3 is 2.50 bits per heavy atom. The second-order valence-electron chi connectivity index (χ2n) is 5.75. The molecule has 0 saturated carbocycles. The molecule has 1 heterocycles. The monoisotopic (exact) mass is 365 g/mol. The fraction of sp³-hybridized carbons (Fsp3) is 0.562. The van der Waals surface area contributed by atoms with Crippen LogP contribution in [0.1, 0.15) is 11.1 Å². The number of carbonyl (C=O) groups is 1. The highest BCUT2D eigenvalue weighted by Crippen LogP contribution is 2.24. The van der Waals surface area contributed by atoms with E-state index in [1.54, 1.807) is 0 Å². The third kappa shape index (κ3) is 5.96. The van der Waals surface area contributed by atoms with Crippen molar-refractivity contribution < 1.29 is 18.0 Å². The van der Waals surface area contributed by atoms with Gasteiger partial charge in [-0.05, 0) is 18.1 Å². The zero-order chi connectivity index (χ0) is 16.9. The number of rotatable bonds is 5. The van der Waals surface area contributed by atoms with Crippen LogP contribution in [0.3, 0.4) is 0 Å². The average molecular weight is 366 g/mol. The molecular weight excluding hydrogens is 343 g/mol. The van der Waals surface area contributed by atoms with E-state index in [1.807, 2.05) is 31.2 Å². The number of carbonyl (C=O) groups excluding carboxylic acids is 1. The molecule has 1 aromatic rings. The number of benzene rings is 1. The van der Waals surface area contributed by atoms with E-state index in [2.05, 4.69) is 10.6 Å². The maximum atomic E-state index is 13.2. The SMILES string of the molecule is Cc1ccccc1CC(=O)NCC(N1CCNCC1)C(F)(F)F.Cl. The highest BCUT2D eigenvalue weighted by atomic mass is 35.5. The van der Waals surface area contributed by atoms with Crippen molar-refractivity contribution in [1.82, 2.24) is 15.5 Å². The van der Waals surface area contributed by atoms with Crippen molar-refractivity contribution in [2.75, 3.05) is 32.7 Å². The molecule has 2 rings (SSSR count). The Balaban J connectivity index is 0.00000288. The standard InChI is InChI=1S/C16H22F3N3O.ClH/c1-12-4-2-3-5-13(12)10-15(23)21-11-14(16(17,18)19)22-8-6-20-7-9-22;/h2-5,14,20H,6-11H2,1H3,(H,21,23);1H. The number of nitrogens with one attached hydrogen (secondary N) is 2. The quantitative estimate of drug-likeness (QED) is 0.838. The van der Waals surface area contributed by atoms with Gasteiger partial charge < -0.3 is 10.6 Å².